The smallest absolute Gasteiger partial charge is 0.382 e. The fourth-order valence-electron chi connectivity index (χ4n) is 2.58. The molecule has 1 unspecified atom stereocenters. The van der Waals surface area contributed by atoms with Crippen molar-refractivity contribution in [3.05, 3.63) is 29.3 Å². The quantitative estimate of drug-likeness (QED) is 0.788. The lowest BCUT2D eigenvalue weighted by atomic mass is 9.86. The monoisotopic (exact) mass is 344 g/mol. The Labute approximate surface area is 137 Å². The van der Waals surface area contributed by atoms with E-state index in [0.717, 1.165) is 13.8 Å². The van der Waals surface area contributed by atoms with Gasteiger partial charge in [0.2, 0.25) is 5.91 Å². The van der Waals surface area contributed by atoms with Crippen LogP contribution in [-0.2, 0) is 10.2 Å². The number of halogens is 3. The van der Waals surface area contributed by atoms with Gasteiger partial charge in [-0.3, -0.25) is 9.59 Å². The molecule has 5 nitrogen and oxygen atoms in total. The Kier molecular flexibility index (Phi) is 4.16. The van der Waals surface area contributed by atoms with E-state index in [1.54, 1.807) is 19.9 Å². The van der Waals surface area contributed by atoms with Crippen molar-refractivity contribution in [2.45, 2.75) is 50.9 Å². The first-order chi connectivity index (χ1) is 10.8. The first kappa shape index (κ1) is 18.3. The van der Waals surface area contributed by atoms with Crippen LogP contribution in [0.4, 0.5) is 18.9 Å². The van der Waals surface area contributed by atoms with Crippen LogP contribution in [-0.4, -0.2) is 34.7 Å². The van der Waals surface area contributed by atoms with Crippen molar-refractivity contribution < 1.29 is 27.9 Å². The van der Waals surface area contributed by atoms with Gasteiger partial charge in [-0.1, -0.05) is 6.07 Å². The van der Waals surface area contributed by atoms with E-state index in [2.05, 4.69) is 10.6 Å². The normalized spacial score (nSPS) is 17.9. The number of anilines is 1. The summed E-state index contributed by atoms with van der Waals surface area (Å²) in [6, 6.07) is 4.44. The van der Waals surface area contributed by atoms with Crippen LogP contribution in [0.1, 0.15) is 43.6 Å². The lowest BCUT2D eigenvalue weighted by molar-refractivity contribution is -0.222. The highest BCUT2D eigenvalue weighted by molar-refractivity contribution is 6.07. The number of rotatable bonds is 3. The number of hydrogen-bond acceptors (Lipinski definition) is 3. The van der Waals surface area contributed by atoms with Crippen molar-refractivity contribution in [2.24, 2.45) is 0 Å². The second kappa shape index (κ2) is 5.47. The first-order valence-corrected chi connectivity index (χ1v) is 7.30. The van der Waals surface area contributed by atoms with Gasteiger partial charge in [-0.15, -0.1) is 0 Å². The minimum Gasteiger partial charge on any atom is -0.382 e. The Bertz CT molecular complexity index is 696. The molecule has 132 valence electrons. The Hall–Kier alpha value is -2.09. The summed E-state index contributed by atoms with van der Waals surface area (Å²) in [7, 11) is 0. The van der Waals surface area contributed by atoms with E-state index in [1.807, 2.05) is 0 Å². The maximum Gasteiger partial charge on any atom is 0.416 e. The molecule has 0 aliphatic carbocycles. The van der Waals surface area contributed by atoms with Gasteiger partial charge >= 0.3 is 6.18 Å². The predicted octanol–water partition coefficient (Wildman–Crippen LogP) is 2.35. The summed E-state index contributed by atoms with van der Waals surface area (Å²) in [6.45, 7) is 5.63. The number of nitrogens with one attached hydrogen (secondary N) is 2. The molecule has 0 aromatic heterocycles. The van der Waals surface area contributed by atoms with E-state index < -0.39 is 29.1 Å². The van der Waals surface area contributed by atoms with Crippen molar-refractivity contribution in [3.63, 3.8) is 0 Å². The minimum absolute atomic E-state index is 0.0919. The predicted molar refractivity (Wildman–Crippen MR) is 81.7 cm³/mol. The molecule has 2 amide bonds. The van der Waals surface area contributed by atoms with Gasteiger partial charge in [-0.05, 0) is 45.4 Å². The number of aliphatic hydroxyl groups is 1. The number of benzene rings is 1. The van der Waals surface area contributed by atoms with Crippen LogP contribution < -0.4 is 10.6 Å². The molecule has 0 saturated heterocycles. The summed E-state index contributed by atoms with van der Waals surface area (Å²) < 4.78 is 38.0. The highest BCUT2D eigenvalue weighted by Crippen LogP contribution is 2.37. The molecular formula is C16H19F3N2O3. The molecule has 0 spiro atoms. The van der Waals surface area contributed by atoms with E-state index in [0.29, 0.717) is 11.3 Å². The van der Waals surface area contributed by atoms with Crippen LogP contribution in [0.2, 0.25) is 0 Å². The molecule has 1 heterocycles. The summed E-state index contributed by atoms with van der Waals surface area (Å²) in [4.78, 5) is 24.1. The molecule has 1 aliphatic rings. The second-order valence-corrected chi connectivity index (χ2v) is 6.96. The standard InChI is InChI=1S/C16H19F3N2O3/c1-14(2)9-6-5-8(7-10(9)20-13(14)24)11(22)21-15(3,4)12(23)16(17,18)19/h5-7,12,23H,1-4H3,(H,20,24)(H,21,22). The summed E-state index contributed by atoms with van der Waals surface area (Å²) in [5.41, 5.74) is -1.40. The zero-order valence-corrected chi connectivity index (χ0v) is 13.7. The van der Waals surface area contributed by atoms with Crippen molar-refractivity contribution >= 4 is 17.5 Å². The summed E-state index contributed by atoms with van der Waals surface area (Å²) in [6.07, 6.45) is -7.56. The highest BCUT2D eigenvalue weighted by Gasteiger charge is 2.48. The Balaban J connectivity index is 2.24. The van der Waals surface area contributed by atoms with Gasteiger partial charge in [0.05, 0.1) is 11.0 Å². The molecule has 2 rings (SSSR count). The van der Waals surface area contributed by atoms with Crippen LogP contribution in [0.5, 0.6) is 0 Å². The molecule has 8 heteroatoms. The zero-order valence-electron chi connectivity index (χ0n) is 13.7. The summed E-state index contributed by atoms with van der Waals surface area (Å²) in [5.74, 6) is -0.993. The Morgan fingerprint density at radius 1 is 1.29 bits per heavy atom. The van der Waals surface area contributed by atoms with Crippen LogP contribution in [0, 0.1) is 0 Å². The fraction of sp³-hybridized carbons (Fsp3) is 0.500. The van der Waals surface area contributed by atoms with Gasteiger partial charge in [0, 0.05) is 11.3 Å². The largest absolute Gasteiger partial charge is 0.416 e. The van der Waals surface area contributed by atoms with Crippen molar-refractivity contribution in [1.82, 2.24) is 5.32 Å². The van der Waals surface area contributed by atoms with E-state index in [9.17, 15) is 27.9 Å². The van der Waals surface area contributed by atoms with Gasteiger partial charge in [0.1, 0.15) is 0 Å². The Morgan fingerprint density at radius 2 is 1.88 bits per heavy atom. The number of amides is 2. The van der Waals surface area contributed by atoms with E-state index >= 15 is 0 Å². The third kappa shape index (κ3) is 3.10. The number of carbonyl (C=O) groups excluding carboxylic acids is 2. The number of carbonyl (C=O) groups is 2. The summed E-state index contributed by atoms with van der Waals surface area (Å²) >= 11 is 0. The highest BCUT2D eigenvalue weighted by atomic mass is 19.4. The minimum atomic E-state index is -4.85. The van der Waals surface area contributed by atoms with Crippen LogP contribution in [0.25, 0.3) is 0 Å². The molecular weight excluding hydrogens is 325 g/mol. The average molecular weight is 344 g/mol. The molecule has 1 aromatic rings. The topological polar surface area (TPSA) is 78.4 Å². The zero-order chi connectivity index (χ0) is 18.5. The summed E-state index contributed by atoms with van der Waals surface area (Å²) in [5, 5.41) is 14.2. The maximum atomic E-state index is 12.7. The first-order valence-electron chi connectivity index (χ1n) is 7.30. The van der Waals surface area contributed by atoms with E-state index in [-0.39, 0.29) is 11.5 Å². The number of aliphatic hydroxyl groups excluding tert-OH is 1. The van der Waals surface area contributed by atoms with Gasteiger partial charge in [0.25, 0.3) is 5.91 Å². The lowest BCUT2D eigenvalue weighted by Gasteiger charge is -2.32. The molecule has 0 fully saturated rings. The molecule has 1 aromatic carbocycles. The molecule has 24 heavy (non-hydrogen) atoms. The fourth-order valence-corrected chi connectivity index (χ4v) is 2.58. The average Bonchev–Trinajstić information content (AvgIpc) is 2.66. The molecule has 3 N–H and O–H groups in total. The Morgan fingerprint density at radius 3 is 2.42 bits per heavy atom. The van der Waals surface area contributed by atoms with Gasteiger partial charge in [0.15, 0.2) is 6.10 Å². The third-order valence-corrected chi connectivity index (χ3v) is 4.20. The lowest BCUT2D eigenvalue weighted by Crippen LogP contribution is -2.57. The molecule has 1 aliphatic heterocycles. The third-order valence-electron chi connectivity index (χ3n) is 4.20. The number of hydrogen-bond donors (Lipinski definition) is 3. The molecule has 0 bridgehead atoms. The molecule has 1 atom stereocenters. The SMILES string of the molecule is CC1(C)C(=O)Nc2cc(C(=O)NC(C)(C)C(O)C(F)(F)F)ccc21. The van der Waals surface area contributed by atoms with Gasteiger partial charge in [-0.2, -0.15) is 13.2 Å². The molecule has 0 saturated carbocycles. The van der Waals surface area contributed by atoms with Gasteiger partial charge < -0.3 is 15.7 Å². The van der Waals surface area contributed by atoms with Crippen LogP contribution >= 0.6 is 0 Å². The molecule has 0 radical (unpaired) electrons. The van der Waals surface area contributed by atoms with E-state index in [4.69, 9.17) is 0 Å². The van der Waals surface area contributed by atoms with Crippen molar-refractivity contribution in [1.29, 1.82) is 0 Å². The van der Waals surface area contributed by atoms with Crippen LogP contribution in [0.3, 0.4) is 0 Å². The van der Waals surface area contributed by atoms with Crippen LogP contribution in [0.15, 0.2) is 18.2 Å². The van der Waals surface area contributed by atoms with Crippen molar-refractivity contribution in [3.8, 4) is 0 Å². The number of alkyl halides is 3. The van der Waals surface area contributed by atoms with E-state index in [1.165, 1.54) is 12.1 Å². The maximum absolute atomic E-state index is 12.7. The van der Waals surface area contributed by atoms with Crippen molar-refractivity contribution in [2.75, 3.05) is 5.32 Å². The number of fused-ring (bicyclic) bond motifs is 1. The second-order valence-electron chi connectivity index (χ2n) is 6.96. The van der Waals surface area contributed by atoms with Gasteiger partial charge in [-0.25, -0.2) is 0 Å².